The van der Waals surface area contributed by atoms with E-state index in [1.807, 2.05) is 6.92 Å². The molecule has 1 saturated heterocycles. The van der Waals surface area contributed by atoms with Gasteiger partial charge in [0.2, 0.25) is 15.9 Å². The largest absolute Gasteiger partial charge is 0.462 e. The third kappa shape index (κ3) is 5.10. The zero-order valence-corrected chi connectivity index (χ0v) is 20.9. The van der Waals surface area contributed by atoms with E-state index in [4.69, 9.17) is 16.3 Å². The number of rotatable bonds is 7. The van der Waals surface area contributed by atoms with Gasteiger partial charge in [-0.25, -0.2) is 13.2 Å². The Balaban J connectivity index is 1.91. The summed E-state index contributed by atoms with van der Waals surface area (Å²) in [6.07, 6.45) is 1.10. The fraction of sp³-hybridized carbons (Fsp3) is 0.478. The van der Waals surface area contributed by atoms with Crippen LogP contribution in [0.3, 0.4) is 0 Å². The minimum absolute atomic E-state index is 0.0313. The van der Waals surface area contributed by atoms with Crippen LogP contribution in [0, 0.1) is 19.8 Å². The quantitative estimate of drug-likeness (QED) is 0.585. The molecule has 3 rings (SSSR count). The van der Waals surface area contributed by atoms with Crippen molar-refractivity contribution in [3.63, 3.8) is 0 Å². The lowest BCUT2D eigenvalue weighted by Crippen LogP contribution is -2.44. The summed E-state index contributed by atoms with van der Waals surface area (Å²) < 4.78 is 35.8. The Bertz CT molecular complexity index is 1160. The van der Waals surface area contributed by atoms with Crippen molar-refractivity contribution >= 4 is 39.2 Å². The number of hydrogen-bond acceptors (Lipinski definition) is 5. The first-order valence-corrected chi connectivity index (χ1v) is 12.9. The molecule has 1 aliphatic rings. The van der Waals surface area contributed by atoms with Crippen molar-refractivity contribution < 1.29 is 22.7 Å². The number of ether oxygens (including phenoxy) is 1. The van der Waals surface area contributed by atoms with Crippen molar-refractivity contribution in [3.05, 3.63) is 46.2 Å². The second-order valence-corrected chi connectivity index (χ2v) is 10.4. The van der Waals surface area contributed by atoms with Crippen molar-refractivity contribution in [1.29, 1.82) is 0 Å². The molecular weight excluding hydrogens is 466 g/mol. The van der Waals surface area contributed by atoms with Crippen LogP contribution in [0.2, 0.25) is 5.02 Å². The third-order valence-corrected chi connectivity index (χ3v) is 8.23. The van der Waals surface area contributed by atoms with Gasteiger partial charge in [0.15, 0.2) is 0 Å². The number of anilines is 1. The maximum Gasteiger partial charge on any atom is 0.341 e. The van der Waals surface area contributed by atoms with E-state index in [2.05, 4.69) is 5.32 Å². The van der Waals surface area contributed by atoms with E-state index in [-0.39, 0.29) is 36.1 Å². The summed E-state index contributed by atoms with van der Waals surface area (Å²) in [4.78, 5) is 25.5. The van der Waals surface area contributed by atoms with Gasteiger partial charge in [0, 0.05) is 41.7 Å². The van der Waals surface area contributed by atoms with Crippen molar-refractivity contribution in [2.45, 2.75) is 52.0 Å². The topological polar surface area (TPSA) is 97.7 Å². The van der Waals surface area contributed by atoms with E-state index < -0.39 is 21.9 Å². The summed E-state index contributed by atoms with van der Waals surface area (Å²) in [5.74, 6) is -1.44. The second-order valence-electron chi connectivity index (χ2n) is 8.04. The van der Waals surface area contributed by atoms with Gasteiger partial charge in [-0.15, -0.1) is 0 Å². The minimum Gasteiger partial charge on any atom is -0.462 e. The van der Waals surface area contributed by atoms with Crippen LogP contribution in [-0.2, 0) is 26.1 Å². The number of carbonyl (C=O) groups excluding carboxylic acids is 2. The summed E-state index contributed by atoms with van der Waals surface area (Å²) in [5, 5.41) is 3.32. The van der Waals surface area contributed by atoms with Gasteiger partial charge in [0.05, 0.1) is 12.5 Å². The van der Waals surface area contributed by atoms with Gasteiger partial charge < -0.3 is 14.6 Å². The number of hydrogen-bond donors (Lipinski definition) is 1. The van der Waals surface area contributed by atoms with Crippen LogP contribution in [0.1, 0.15) is 48.4 Å². The molecule has 0 radical (unpaired) electrons. The van der Waals surface area contributed by atoms with Gasteiger partial charge in [0.1, 0.15) is 10.5 Å². The van der Waals surface area contributed by atoms with Crippen LogP contribution >= 0.6 is 11.6 Å². The Morgan fingerprint density at radius 1 is 1.21 bits per heavy atom. The molecule has 0 saturated carbocycles. The molecule has 0 spiro atoms. The number of esters is 1. The van der Waals surface area contributed by atoms with Crippen LogP contribution in [-0.4, -0.2) is 48.9 Å². The normalized spacial score (nSPS) is 17.1. The number of halogens is 1. The maximum atomic E-state index is 13.7. The molecule has 1 N–H and O–H groups in total. The van der Waals surface area contributed by atoms with Gasteiger partial charge in [-0.05, 0) is 58.7 Å². The Hall–Kier alpha value is -2.36. The first-order chi connectivity index (χ1) is 15.6. The van der Waals surface area contributed by atoms with Crippen LogP contribution in [0.4, 0.5) is 5.69 Å². The summed E-state index contributed by atoms with van der Waals surface area (Å²) in [5.41, 5.74) is 1.67. The standard InChI is InChI=1S/C23H30ClN3O5S/c1-5-27-15(3)20(23(29)32-6-2)21(16(27)4)33(30,31)26-12-8-9-17(14-26)22(28)25-19-11-7-10-18(24)13-19/h7,10-11,13,17H,5-6,8-9,12,14H2,1-4H3,(H,25,28). The predicted octanol–water partition coefficient (Wildman–Crippen LogP) is 3.99. The number of carbonyl (C=O) groups is 2. The SMILES string of the molecule is CCOC(=O)c1c(S(=O)(=O)N2CCCC(C(=O)Nc3cccc(Cl)c3)C2)c(C)n(CC)c1C. The molecule has 2 heterocycles. The number of aromatic nitrogens is 1. The lowest BCUT2D eigenvalue weighted by molar-refractivity contribution is -0.120. The minimum atomic E-state index is -4.03. The average Bonchev–Trinajstić information content (AvgIpc) is 3.04. The summed E-state index contributed by atoms with van der Waals surface area (Å²) >= 11 is 5.99. The molecule has 33 heavy (non-hydrogen) atoms. The number of amides is 1. The molecule has 8 nitrogen and oxygen atoms in total. The molecule has 1 aliphatic heterocycles. The Labute approximate surface area is 199 Å². The Morgan fingerprint density at radius 2 is 1.94 bits per heavy atom. The van der Waals surface area contributed by atoms with Gasteiger partial charge in [-0.3, -0.25) is 4.79 Å². The molecule has 10 heteroatoms. The number of benzene rings is 1. The molecule has 1 aromatic carbocycles. The fourth-order valence-electron chi connectivity index (χ4n) is 4.40. The zero-order valence-electron chi connectivity index (χ0n) is 19.4. The fourth-order valence-corrected chi connectivity index (χ4v) is 6.57. The lowest BCUT2D eigenvalue weighted by atomic mass is 9.99. The Morgan fingerprint density at radius 3 is 2.58 bits per heavy atom. The first kappa shape index (κ1) is 25.3. The number of sulfonamides is 1. The van der Waals surface area contributed by atoms with Crippen molar-refractivity contribution in [2.24, 2.45) is 5.92 Å². The highest BCUT2D eigenvalue weighted by atomic mass is 35.5. The van der Waals surface area contributed by atoms with Gasteiger partial charge >= 0.3 is 5.97 Å². The summed E-state index contributed by atoms with van der Waals surface area (Å²) in [6, 6.07) is 6.81. The number of nitrogens with zero attached hydrogens (tertiary/aromatic N) is 2. The van der Waals surface area contributed by atoms with E-state index >= 15 is 0 Å². The summed E-state index contributed by atoms with van der Waals surface area (Å²) in [6.45, 7) is 7.96. The molecule has 1 fully saturated rings. The average molecular weight is 496 g/mol. The van der Waals surface area contributed by atoms with E-state index in [9.17, 15) is 18.0 Å². The van der Waals surface area contributed by atoms with E-state index in [1.165, 1.54) is 4.31 Å². The number of nitrogens with one attached hydrogen (secondary N) is 1. The summed E-state index contributed by atoms with van der Waals surface area (Å²) in [7, 11) is -4.03. The molecule has 0 bridgehead atoms. The molecule has 2 aromatic rings. The van der Waals surface area contributed by atoms with Crippen LogP contribution in [0.15, 0.2) is 29.2 Å². The molecule has 180 valence electrons. The molecule has 0 aliphatic carbocycles. The van der Waals surface area contributed by atoms with Crippen LogP contribution < -0.4 is 5.32 Å². The van der Waals surface area contributed by atoms with Crippen LogP contribution in [0.5, 0.6) is 0 Å². The van der Waals surface area contributed by atoms with Crippen molar-refractivity contribution in [3.8, 4) is 0 Å². The van der Waals surface area contributed by atoms with E-state index in [0.29, 0.717) is 41.5 Å². The van der Waals surface area contributed by atoms with E-state index in [0.717, 1.165) is 0 Å². The number of piperidine rings is 1. The highest BCUT2D eigenvalue weighted by molar-refractivity contribution is 7.89. The van der Waals surface area contributed by atoms with Gasteiger partial charge in [-0.2, -0.15) is 4.31 Å². The van der Waals surface area contributed by atoms with Crippen LogP contribution in [0.25, 0.3) is 0 Å². The molecule has 1 aromatic heterocycles. The van der Waals surface area contributed by atoms with Gasteiger partial charge in [-0.1, -0.05) is 17.7 Å². The van der Waals surface area contributed by atoms with Gasteiger partial charge in [0.25, 0.3) is 0 Å². The van der Waals surface area contributed by atoms with Crippen molar-refractivity contribution in [2.75, 3.05) is 25.0 Å². The molecule has 1 amide bonds. The molecular formula is C23H30ClN3O5S. The first-order valence-electron chi connectivity index (χ1n) is 11.0. The monoisotopic (exact) mass is 495 g/mol. The smallest absolute Gasteiger partial charge is 0.341 e. The highest BCUT2D eigenvalue weighted by Gasteiger charge is 2.39. The van der Waals surface area contributed by atoms with Crippen molar-refractivity contribution in [1.82, 2.24) is 8.87 Å². The second kappa shape index (κ2) is 10.3. The lowest BCUT2D eigenvalue weighted by Gasteiger charge is -2.31. The highest BCUT2D eigenvalue weighted by Crippen LogP contribution is 2.33. The third-order valence-electron chi connectivity index (χ3n) is 5.97. The predicted molar refractivity (Wildman–Crippen MR) is 127 cm³/mol. The zero-order chi connectivity index (χ0) is 24.3. The molecule has 1 unspecified atom stereocenters. The molecule has 1 atom stereocenters. The Kier molecular flexibility index (Phi) is 7.87. The maximum absolute atomic E-state index is 13.7. The van der Waals surface area contributed by atoms with E-state index in [1.54, 1.807) is 49.6 Å².